The molecule has 0 saturated heterocycles. The first-order valence-electron chi connectivity index (χ1n) is 10.5. The number of benzene rings is 1. The van der Waals surface area contributed by atoms with E-state index >= 15 is 0 Å². The van der Waals surface area contributed by atoms with Crippen LogP contribution in [-0.4, -0.2) is 45.5 Å². The number of esters is 1. The zero-order chi connectivity index (χ0) is 22.4. The number of pyridine rings is 1. The Morgan fingerprint density at radius 2 is 2.10 bits per heavy atom. The van der Waals surface area contributed by atoms with E-state index in [9.17, 15) is 15.2 Å². The Morgan fingerprint density at radius 3 is 2.74 bits per heavy atom. The van der Waals surface area contributed by atoms with Crippen LogP contribution in [0.15, 0.2) is 35.4 Å². The lowest BCUT2D eigenvalue weighted by Crippen LogP contribution is -2.45. The molecule has 1 aliphatic carbocycles. The van der Waals surface area contributed by atoms with Gasteiger partial charge in [0.2, 0.25) is 0 Å². The summed E-state index contributed by atoms with van der Waals surface area (Å²) in [4.78, 5) is 17.4. The lowest BCUT2D eigenvalue weighted by atomic mass is 9.86. The molecule has 1 heterocycles. The first kappa shape index (κ1) is 23.6. The second-order valence-electron chi connectivity index (χ2n) is 7.69. The highest BCUT2D eigenvalue weighted by atomic mass is 32.2. The van der Waals surface area contributed by atoms with Gasteiger partial charge in [0.05, 0.1) is 29.0 Å². The third kappa shape index (κ3) is 5.08. The van der Waals surface area contributed by atoms with E-state index in [2.05, 4.69) is 11.1 Å². The summed E-state index contributed by atoms with van der Waals surface area (Å²) in [6.45, 7) is 3.77. The molecule has 164 valence electrons. The monoisotopic (exact) mass is 456 g/mol. The SMILES string of the molecule is CCOC(=O)c1c(C)nc(SC[C@@]2(O)CCCC[C@H]2SC)c(C#N)c1-c1ccccc1. The molecule has 2 aromatic rings. The van der Waals surface area contributed by atoms with Gasteiger partial charge >= 0.3 is 5.97 Å². The molecule has 1 saturated carbocycles. The number of hydrogen-bond donors (Lipinski definition) is 1. The van der Waals surface area contributed by atoms with Crippen LogP contribution in [-0.2, 0) is 4.74 Å². The average Bonchev–Trinajstić information content (AvgIpc) is 2.78. The maximum absolute atomic E-state index is 12.8. The predicted molar refractivity (Wildman–Crippen MR) is 127 cm³/mol. The van der Waals surface area contributed by atoms with E-state index in [1.54, 1.807) is 25.6 Å². The summed E-state index contributed by atoms with van der Waals surface area (Å²) in [5.41, 5.74) is 1.73. The van der Waals surface area contributed by atoms with Crippen molar-refractivity contribution in [2.45, 2.75) is 55.4 Å². The van der Waals surface area contributed by atoms with E-state index < -0.39 is 11.6 Å². The third-order valence-corrected chi connectivity index (χ3v) is 8.12. The van der Waals surface area contributed by atoms with Crippen LogP contribution >= 0.6 is 23.5 Å². The molecule has 1 aromatic heterocycles. The molecule has 0 aliphatic heterocycles. The number of aromatic nitrogens is 1. The molecule has 1 fully saturated rings. The Bertz CT molecular complexity index is 975. The summed E-state index contributed by atoms with van der Waals surface area (Å²) < 4.78 is 5.27. The van der Waals surface area contributed by atoms with Crippen molar-refractivity contribution in [3.63, 3.8) is 0 Å². The normalized spacial score (nSPS) is 20.8. The molecule has 0 unspecified atom stereocenters. The van der Waals surface area contributed by atoms with Crippen molar-refractivity contribution in [1.29, 1.82) is 5.26 Å². The molecule has 7 heteroatoms. The molecule has 1 N–H and O–H groups in total. The number of aliphatic hydroxyl groups is 1. The third-order valence-electron chi connectivity index (χ3n) is 5.67. The fourth-order valence-electron chi connectivity index (χ4n) is 4.12. The topological polar surface area (TPSA) is 83.2 Å². The molecule has 0 amide bonds. The lowest BCUT2D eigenvalue weighted by Gasteiger charge is -2.39. The minimum atomic E-state index is -0.794. The Balaban J connectivity index is 2.07. The van der Waals surface area contributed by atoms with Crippen LogP contribution in [0.25, 0.3) is 11.1 Å². The molecule has 31 heavy (non-hydrogen) atoms. The number of nitriles is 1. The van der Waals surface area contributed by atoms with Crippen LogP contribution in [0.5, 0.6) is 0 Å². The van der Waals surface area contributed by atoms with Crippen molar-refractivity contribution >= 4 is 29.5 Å². The van der Waals surface area contributed by atoms with Crippen LogP contribution in [0.1, 0.15) is 54.2 Å². The maximum atomic E-state index is 12.8. The van der Waals surface area contributed by atoms with Crippen molar-refractivity contribution in [3.8, 4) is 17.2 Å². The number of nitrogens with zero attached hydrogens (tertiary/aromatic N) is 2. The minimum absolute atomic E-state index is 0.174. The van der Waals surface area contributed by atoms with Gasteiger partial charge in [0.15, 0.2) is 0 Å². The summed E-state index contributed by atoms with van der Waals surface area (Å²) in [5.74, 6) is -0.0140. The van der Waals surface area contributed by atoms with Gasteiger partial charge in [0.1, 0.15) is 11.1 Å². The second-order valence-corrected chi connectivity index (χ2v) is 9.69. The van der Waals surface area contributed by atoms with Crippen LogP contribution in [0.4, 0.5) is 0 Å². The molecule has 5 nitrogen and oxygen atoms in total. The molecule has 0 radical (unpaired) electrons. The Hall–Kier alpha value is -2.01. The number of carbonyl (C=O) groups is 1. The zero-order valence-electron chi connectivity index (χ0n) is 18.2. The van der Waals surface area contributed by atoms with Crippen molar-refractivity contribution in [2.75, 3.05) is 18.6 Å². The lowest BCUT2D eigenvalue weighted by molar-refractivity contribution is 0.0340. The minimum Gasteiger partial charge on any atom is -0.462 e. The summed E-state index contributed by atoms with van der Waals surface area (Å²) in [6.07, 6.45) is 5.91. The summed E-state index contributed by atoms with van der Waals surface area (Å²) in [6, 6.07) is 11.7. The van der Waals surface area contributed by atoms with Crippen LogP contribution in [0.2, 0.25) is 0 Å². The first-order valence-corrected chi connectivity index (χ1v) is 12.8. The number of rotatable bonds is 7. The van der Waals surface area contributed by atoms with Crippen LogP contribution in [0.3, 0.4) is 0 Å². The maximum Gasteiger partial charge on any atom is 0.340 e. The van der Waals surface area contributed by atoms with Gasteiger partial charge in [-0.25, -0.2) is 9.78 Å². The van der Waals surface area contributed by atoms with Crippen molar-refractivity contribution in [1.82, 2.24) is 4.98 Å². The largest absolute Gasteiger partial charge is 0.462 e. The summed E-state index contributed by atoms with van der Waals surface area (Å²) >= 11 is 3.11. The van der Waals surface area contributed by atoms with Gasteiger partial charge in [-0.15, -0.1) is 11.8 Å². The number of hydrogen-bond acceptors (Lipinski definition) is 7. The quantitative estimate of drug-likeness (QED) is 0.451. The van der Waals surface area contributed by atoms with Crippen molar-refractivity contribution in [2.24, 2.45) is 0 Å². The second kappa shape index (κ2) is 10.5. The molecule has 0 bridgehead atoms. The number of ether oxygens (including phenoxy) is 1. The molecule has 3 rings (SSSR count). The van der Waals surface area contributed by atoms with Crippen molar-refractivity contribution < 1.29 is 14.6 Å². The van der Waals surface area contributed by atoms with Gasteiger partial charge in [0.25, 0.3) is 0 Å². The van der Waals surface area contributed by atoms with E-state index in [-0.39, 0.29) is 11.9 Å². The van der Waals surface area contributed by atoms with E-state index in [0.717, 1.165) is 31.2 Å². The molecule has 1 aromatic carbocycles. The molecule has 2 atom stereocenters. The van der Waals surface area contributed by atoms with Gasteiger partial charge in [-0.05, 0) is 38.5 Å². The smallest absolute Gasteiger partial charge is 0.340 e. The number of thioether (sulfide) groups is 2. The molecular formula is C24H28N2O3S2. The summed E-state index contributed by atoms with van der Waals surface area (Å²) in [7, 11) is 0. The number of carbonyl (C=O) groups excluding carboxylic acids is 1. The molecule has 0 spiro atoms. The van der Waals surface area contributed by atoms with E-state index in [1.165, 1.54) is 11.8 Å². The standard InChI is InChI=1S/C24H28N2O3S2/c1-4-29-23(27)20-16(2)26-22(18(14-25)21(20)17-10-6-5-7-11-17)31-15-24(28)13-9-8-12-19(24)30-3/h5-7,10-11,19,28H,4,8-9,12-13,15H2,1-3H3/t19-,24+/m1/s1. The summed E-state index contributed by atoms with van der Waals surface area (Å²) in [5, 5.41) is 22.1. The fraction of sp³-hybridized carbons (Fsp3) is 0.458. The highest BCUT2D eigenvalue weighted by molar-refractivity contribution is 8.00. The van der Waals surface area contributed by atoms with Gasteiger partial charge < -0.3 is 9.84 Å². The molecular weight excluding hydrogens is 428 g/mol. The Kier molecular flexibility index (Phi) is 8.04. The van der Waals surface area contributed by atoms with Crippen LogP contribution in [0, 0.1) is 18.3 Å². The predicted octanol–water partition coefficient (Wildman–Crippen LogP) is 5.23. The van der Waals surface area contributed by atoms with E-state index in [4.69, 9.17) is 4.74 Å². The van der Waals surface area contributed by atoms with Gasteiger partial charge in [-0.2, -0.15) is 17.0 Å². The Morgan fingerprint density at radius 1 is 1.35 bits per heavy atom. The van der Waals surface area contributed by atoms with E-state index in [0.29, 0.717) is 33.2 Å². The highest BCUT2D eigenvalue weighted by Crippen LogP contribution is 2.41. The van der Waals surface area contributed by atoms with Gasteiger partial charge in [-0.3, -0.25) is 0 Å². The zero-order valence-corrected chi connectivity index (χ0v) is 19.8. The Labute approximate surface area is 192 Å². The fourth-order valence-corrected chi connectivity index (χ4v) is 6.49. The van der Waals surface area contributed by atoms with Gasteiger partial charge in [0, 0.05) is 16.6 Å². The average molecular weight is 457 g/mol. The van der Waals surface area contributed by atoms with Crippen molar-refractivity contribution in [3.05, 3.63) is 47.2 Å². The number of aryl methyl sites for hydroxylation is 1. The first-order chi connectivity index (χ1) is 14.9. The van der Waals surface area contributed by atoms with Crippen LogP contribution < -0.4 is 0 Å². The van der Waals surface area contributed by atoms with E-state index in [1.807, 2.05) is 36.6 Å². The van der Waals surface area contributed by atoms with Gasteiger partial charge in [-0.1, -0.05) is 43.2 Å². The highest BCUT2D eigenvalue weighted by Gasteiger charge is 2.39. The molecule has 1 aliphatic rings.